The van der Waals surface area contributed by atoms with Gasteiger partial charge in [0.2, 0.25) is 0 Å². The van der Waals surface area contributed by atoms with Gasteiger partial charge in [0, 0.05) is 17.9 Å². The Hall–Kier alpha value is -2.59. The molecule has 2 aromatic carbocycles. The number of phenols is 2. The second-order valence-electron chi connectivity index (χ2n) is 6.41. The number of rotatable bonds is 1. The number of hydrogen-bond acceptors (Lipinski definition) is 4. The molecule has 0 amide bonds. The van der Waals surface area contributed by atoms with Crippen molar-refractivity contribution in [2.45, 2.75) is 31.3 Å². The average molecular weight is 322 g/mol. The molecule has 2 atom stereocenters. The maximum absolute atomic E-state index is 12.3. The molecule has 0 saturated heterocycles. The van der Waals surface area contributed by atoms with Crippen LogP contribution in [0.1, 0.15) is 63.9 Å². The molecule has 0 fully saturated rings. The van der Waals surface area contributed by atoms with Crippen LogP contribution in [0.2, 0.25) is 0 Å². The molecule has 0 radical (unpaired) electrons. The third kappa shape index (κ3) is 2.14. The number of carbonyl (C=O) groups excluding carboxylic acids is 1. The maximum Gasteiger partial charge on any atom is 0.167 e. The Morgan fingerprint density at radius 3 is 2.67 bits per heavy atom. The van der Waals surface area contributed by atoms with Crippen molar-refractivity contribution >= 4 is 11.9 Å². The minimum Gasteiger partial charge on any atom is -0.507 e. The van der Waals surface area contributed by atoms with Crippen molar-refractivity contribution in [1.82, 2.24) is 0 Å². The Balaban J connectivity index is 1.94. The van der Waals surface area contributed by atoms with E-state index in [1.165, 1.54) is 6.07 Å². The van der Waals surface area contributed by atoms with Gasteiger partial charge >= 0.3 is 0 Å². The molecule has 24 heavy (non-hydrogen) atoms. The lowest BCUT2D eigenvalue weighted by Crippen LogP contribution is -2.20. The van der Waals surface area contributed by atoms with Crippen LogP contribution in [0.4, 0.5) is 0 Å². The summed E-state index contributed by atoms with van der Waals surface area (Å²) in [4.78, 5) is 12.3. The van der Waals surface area contributed by atoms with E-state index in [4.69, 9.17) is 0 Å². The zero-order valence-electron chi connectivity index (χ0n) is 13.1. The van der Waals surface area contributed by atoms with Gasteiger partial charge in [0.25, 0.3) is 0 Å². The van der Waals surface area contributed by atoms with Crippen LogP contribution < -0.4 is 0 Å². The van der Waals surface area contributed by atoms with E-state index in [0.29, 0.717) is 18.4 Å². The monoisotopic (exact) mass is 322 g/mol. The average Bonchev–Trinajstić information content (AvgIpc) is 2.58. The van der Waals surface area contributed by atoms with Gasteiger partial charge in [-0.1, -0.05) is 30.4 Å². The summed E-state index contributed by atoms with van der Waals surface area (Å²) in [6, 6.07) is 8.73. The minimum absolute atomic E-state index is 0.0630. The topological polar surface area (TPSA) is 77.8 Å². The molecule has 4 rings (SSSR count). The molecule has 0 heterocycles. The number of hydrogen-bond donors (Lipinski definition) is 3. The van der Waals surface area contributed by atoms with Crippen molar-refractivity contribution in [1.29, 1.82) is 0 Å². The van der Waals surface area contributed by atoms with Crippen LogP contribution in [0.25, 0.3) is 6.08 Å². The summed E-state index contributed by atoms with van der Waals surface area (Å²) in [7, 11) is 0. The Kier molecular flexibility index (Phi) is 3.43. The third-order valence-corrected chi connectivity index (χ3v) is 5.04. The summed E-state index contributed by atoms with van der Waals surface area (Å²) < 4.78 is 0. The zero-order chi connectivity index (χ0) is 16.8. The number of fused-ring (bicyclic) bond motifs is 2. The molecule has 122 valence electrons. The molecule has 0 aliphatic heterocycles. The predicted molar refractivity (Wildman–Crippen MR) is 90.2 cm³/mol. The maximum atomic E-state index is 12.3. The Morgan fingerprint density at radius 1 is 1.00 bits per heavy atom. The second-order valence-corrected chi connectivity index (χ2v) is 6.41. The first-order valence-electron chi connectivity index (χ1n) is 8.13. The standard InChI is InChI=1S/C20H18O4/c21-15-6-2-4-11-12(3-1-5-13(11)15)14-7-8-17(23)20-18(24)10-9-16(22)19(14)20/h1-2,4-8,12,16,21-23H,3,9-10H2/t12-,16+/m1/s1. The van der Waals surface area contributed by atoms with Gasteiger partial charge in [-0.15, -0.1) is 0 Å². The molecular weight excluding hydrogens is 304 g/mol. The first kappa shape index (κ1) is 15.0. The molecular formula is C20H18O4. The lowest BCUT2D eigenvalue weighted by atomic mass is 9.75. The highest BCUT2D eigenvalue weighted by Crippen LogP contribution is 2.45. The number of carbonyl (C=O) groups is 1. The Bertz CT molecular complexity index is 866. The Morgan fingerprint density at radius 2 is 1.83 bits per heavy atom. The fourth-order valence-corrected chi connectivity index (χ4v) is 3.92. The van der Waals surface area contributed by atoms with Crippen molar-refractivity contribution in [2.75, 3.05) is 0 Å². The number of ketones is 1. The molecule has 0 bridgehead atoms. The highest BCUT2D eigenvalue weighted by atomic mass is 16.3. The number of aliphatic hydroxyl groups is 1. The highest BCUT2D eigenvalue weighted by Gasteiger charge is 2.33. The molecule has 3 N–H and O–H groups in total. The fraction of sp³-hybridized carbons (Fsp3) is 0.250. The number of aliphatic hydroxyl groups excluding tert-OH is 1. The van der Waals surface area contributed by atoms with E-state index in [0.717, 1.165) is 16.7 Å². The number of allylic oxidation sites excluding steroid dienone is 1. The summed E-state index contributed by atoms with van der Waals surface area (Å²) >= 11 is 0. The van der Waals surface area contributed by atoms with Crippen LogP contribution in [-0.4, -0.2) is 21.1 Å². The Labute approximate surface area is 139 Å². The van der Waals surface area contributed by atoms with Crippen LogP contribution in [0.5, 0.6) is 11.5 Å². The van der Waals surface area contributed by atoms with Crippen LogP contribution in [-0.2, 0) is 0 Å². The molecule has 4 nitrogen and oxygen atoms in total. The van der Waals surface area contributed by atoms with E-state index in [2.05, 4.69) is 0 Å². The number of benzene rings is 2. The van der Waals surface area contributed by atoms with Gasteiger partial charge in [-0.25, -0.2) is 0 Å². The lowest BCUT2D eigenvalue weighted by Gasteiger charge is -2.30. The van der Waals surface area contributed by atoms with Crippen molar-refractivity contribution in [3.63, 3.8) is 0 Å². The van der Waals surface area contributed by atoms with Crippen molar-refractivity contribution in [3.05, 3.63) is 64.2 Å². The van der Waals surface area contributed by atoms with Crippen molar-refractivity contribution < 1.29 is 20.1 Å². The van der Waals surface area contributed by atoms with E-state index in [1.807, 2.05) is 18.2 Å². The number of phenolic OH excluding ortho intramolecular Hbond substituents is 2. The summed E-state index contributed by atoms with van der Waals surface area (Å²) in [5.74, 6) is -0.0400. The number of Topliss-reactive ketones (excluding diaryl/α,β-unsaturated/α-hetero) is 1. The van der Waals surface area contributed by atoms with Crippen molar-refractivity contribution in [3.8, 4) is 11.5 Å². The molecule has 2 aliphatic carbocycles. The van der Waals surface area contributed by atoms with Crippen molar-refractivity contribution in [2.24, 2.45) is 0 Å². The molecule has 0 unspecified atom stereocenters. The van der Waals surface area contributed by atoms with Crippen LogP contribution in [0, 0.1) is 0 Å². The summed E-state index contributed by atoms with van der Waals surface area (Å²) in [5.41, 5.74) is 3.38. The highest BCUT2D eigenvalue weighted by molar-refractivity contribution is 6.01. The normalized spacial score (nSPS) is 22.1. The molecule has 0 saturated carbocycles. The molecule has 2 aromatic rings. The van der Waals surface area contributed by atoms with Gasteiger partial charge < -0.3 is 15.3 Å². The SMILES string of the molecule is O=C1CC[C@H](O)c2c([C@@H]3CC=Cc4c(O)cccc43)ccc(O)c21. The first-order valence-corrected chi connectivity index (χ1v) is 8.13. The minimum atomic E-state index is -0.758. The largest absolute Gasteiger partial charge is 0.507 e. The second kappa shape index (κ2) is 5.49. The quantitative estimate of drug-likeness (QED) is 0.749. The van der Waals surface area contributed by atoms with Gasteiger partial charge in [-0.3, -0.25) is 4.79 Å². The summed E-state index contributed by atoms with van der Waals surface area (Å²) in [6.45, 7) is 0. The zero-order valence-corrected chi connectivity index (χ0v) is 13.1. The first-order chi connectivity index (χ1) is 11.6. The van der Waals surface area contributed by atoms with E-state index < -0.39 is 6.10 Å². The van der Waals surface area contributed by atoms with E-state index in [1.54, 1.807) is 18.2 Å². The molecule has 4 heteroatoms. The van der Waals surface area contributed by atoms with E-state index in [9.17, 15) is 20.1 Å². The smallest absolute Gasteiger partial charge is 0.167 e. The van der Waals surface area contributed by atoms with Gasteiger partial charge in [0.05, 0.1) is 11.7 Å². The van der Waals surface area contributed by atoms with Gasteiger partial charge in [-0.05, 0) is 41.7 Å². The lowest BCUT2D eigenvalue weighted by molar-refractivity contribution is 0.0890. The van der Waals surface area contributed by atoms with Crippen LogP contribution >= 0.6 is 0 Å². The van der Waals surface area contributed by atoms with Crippen LogP contribution in [0.3, 0.4) is 0 Å². The fourth-order valence-electron chi connectivity index (χ4n) is 3.92. The van der Waals surface area contributed by atoms with Crippen LogP contribution in [0.15, 0.2) is 36.4 Å². The third-order valence-electron chi connectivity index (χ3n) is 5.04. The predicted octanol–water partition coefficient (Wildman–Crippen LogP) is 3.66. The molecule has 2 aliphatic rings. The van der Waals surface area contributed by atoms with Gasteiger partial charge in [0.1, 0.15) is 11.5 Å². The van der Waals surface area contributed by atoms with E-state index in [-0.39, 0.29) is 35.2 Å². The molecule has 0 aromatic heterocycles. The number of aromatic hydroxyl groups is 2. The summed E-state index contributed by atoms with van der Waals surface area (Å²) in [6.07, 6.45) is 4.46. The van der Waals surface area contributed by atoms with Gasteiger partial charge in [-0.2, -0.15) is 0 Å². The van der Waals surface area contributed by atoms with Gasteiger partial charge in [0.15, 0.2) is 5.78 Å². The summed E-state index contributed by atoms with van der Waals surface area (Å²) in [5, 5.41) is 30.7. The molecule has 0 spiro atoms. The van der Waals surface area contributed by atoms with E-state index >= 15 is 0 Å².